The van der Waals surface area contributed by atoms with Crippen molar-refractivity contribution >= 4 is 5.69 Å². The molecule has 0 bridgehead atoms. The molecule has 0 fully saturated rings. The lowest BCUT2D eigenvalue weighted by Gasteiger charge is -2.21. The molecule has 2 heteroatoms. The quantitative estimate of drug-likeness (QED) is 0.632. The van der Waals surface area contributed by atoms with Crippen LogP contribution in [0.15, 0.2) is 12.1 Å². The van der Waals surface area contributed by atoms with Crippen molar-refractivity contribution < 1.29 is 4.74 Å². The number of nitrogens with one attached hydrogen (secondary N) is 1. The van der Waals surface area contributed by atoms with E-state index in [1.165, 1.54) is 11.1 Å². The van der Waals surface area contributed by atoms with Crippen molar-refractivity contribution in [3.63, 3.8) is 0 Å². The summed E-state index contributed by atoms with van der Waals surface area (Å²) in [4.78, 5) is 0. The minimum absolute atomic E-state index is 0.775. The zero-order valence-corrected chi connectivity index (χ0v) is 7.48. The maximum absolute atomic E-state index is 5.57. The molecule has 0 saturated carbocycles. The van der Waals surface area contributed by atoms with Gasteiger partial charge in [-0.1, -0.05) is 6.07 Å². The van der Waals surface area contributed by atoms with Gasteiger partial charge in [0.25, 0.3) is 0 Å². The molecule has 0 aromatic heterocycles. The Bertz CT molecular complexity index is 307. The van der Waals surface area contributed by atoms with Gasteiger partial charge in [-0.15, -0.1) is 0 Å². The highest BCUT2D eigenvalue weighted by Crippen LogP contribution is 2.32. The van der Waals surface area contributed by atoms with Crippen molar-refractivity contribution in [2.24, 2.45) is 0 Å². The molecule has 0 aliphatic carbocycles. The van der Waals surface area contributed by atoms with Crippen molar-refractivity contribution in [1.82, 2.24) is 0 Å². The molecule has 64 valence electrons. The van der Waals surface area contributed by atoms with Gasteiger partial charge in [-0.25, -0.2) is 0 Å². The lowest BCUT2D eigenvalue weighted by Crippen LogP contribution is -2.18. The van der Waals surface area contributed by atoms with E-state index in [0.29, 0.717) is 0 Å². The van der Waals surface area contributed by atoms with E-state index in [1.807, 2.05) is 0 Å². The van der Waals surface area contributed by atoms with E-state index in [1.54, 1.807) is 0 Å². The van der Waals surface area contributed by atoms with Crippen molar-refractivity contribution in [1.29, 1.82) is 0 Å². The zero-order valence-electron chi connectivity index (χ0n) is 7.48. The van der Waals surface area contributed by atoms with Crippen LogP contribution in [-0.4, -0.2) is 13.2 Å². The Morgan fingerprint density at radius 1 is 1.33 bits per heavy atom. The molecule has 0 spiro atoms. The first-order chi connectivity index (χ1) is 5.79. The van der Waals surface area contributed by atoms with E-state index in [2.05, 4.69) is 31.3 Å². The van der Waals surface area contributed by atoms with E-state index >= 15 is 0 Å². The van der Waals surface area contributed by atoms with Crippen LogP contribution in [-0.2, 0) is 0 Å². The van der Waals surface area contributed by atoms with Crippen LogP contribution in [0.25, 0.3) is 0 Å². The number of hydrogen-bond acceptors (Lipinski definition) is 2. The number of rotatable bonds is 0. The van der Waals surface area contributed by atoms with Crippen LogP contribution in [0.4, 0.5) is 5.69 Å². The van der Waals surface area contributed by atoms with Gasteiger partial charge >= 0.3 is 0 Å². The molecular formula is C10H13NO. The summed E-state index contributed by atoms with van der Waals surface area (Å²) in [5.41, 5.74) is 3.67. The molecule has 1 aliphatic rings. The third kappa shape index (κ3) is 1.04. The first-order valence-corrected chi connectivity index (χ1v) is 4.26. The van der Waals surface area contributed by atoms with E-state index in [-0.39, 0.29) is 0 Å². The fourth-order valence-electron chi connectivity index (χ4n) is 1.45. The lowest BCUT2D eigenvalue weighted by atomic mass is 10.1. The average Bonchev–Trinajstić information content (AvgIpc) is 2.12. The predicted molar refractivity (Wildman–Crippen MR) is 49.9 cm³/mol. The van der Waals surface area contributed by atoms with Crippen molar-refractivity contribution in [3.8, 4) is 5.75 Å². The number of aryl methyl sites for hydroxylation is 1. The molecule has 1 N–H and O–H groups in total. The van der Waals surface area contributed by atoms with E-state index in [4.69, 9.17) is 4.74 Å². The predicted octanol–water partition coefficient (Wildman–Crippen LogP) is 2.11. The normalized spacial score (nSPS) is 14.5. The monoisotopic (exact) mass is 163 g/mol. The van der Waals surface area contributed by atoms with Crippen LogP contribution in [0.2, 0.25) is 0 Å². The summed E-state index contributed by atoms with van der Waals surface area (Å²) in [5, 5.41) is 3.31. The van der Waals surface area contributed by atoms with Gasteiger partial charge in [-0.3, -0.25) is 0 Å². The number of hydrogen-bond donors (Lipinski definition) is 1. The Balaban J connectivity index is 2.54. The molecule has 0 saturated heterocycles. The summed E-state index contributed by atoms with van der Waals surface area (Å²) in [6.07, 6.45) is 0. The molecule has 12 heavy (non-hydrogen) atoms. The van der Waals surface area contributed by atoms with E-state index in [0.717, 1.165) is 24.6 Å². The van der Waals surface area contributed by atoms with Crippen LogP contribution in [0.1, 0.15) is 11.1 Å². The second-order valence-electron chi connectivity index (χ2n) is 3.16. The summed E-state index contributed by atoms with van der Waals surface area (Å²) in [6.45, 7) is 5.89. The lowest BCUT2D eigenvalue weighted by molar-refractivity contribution is 0.321. The molecule has 0 atom stereocenters. The molecule has 0 radical (unpaired) electrons. The molecule has 0 amide bonds. The molecule has 1 aromatic rings. The molecule has 1 aliphatic heterocycles. The molecule has 2 rings (SSSR count). The van der Waals surface area contributed by atoms with Crippen LogP contribution in [0.5, 0.6) is 5.75 Å². The largest absolute Gasteiger partial charge is 0.489 e. The molecule has 1 aromatic carbocycles. The van der Waals surface area contributed by atoms with Crippen LogP contribution in [0.3, 0.4) is 0 Å². The van der Waals surface area contributed by atoms with Gasteiger partial charge in [-0.05, 0) is 31.0 Å². The van der Waals surface area contributed by atoms with E-state index in [9.17, 15) is 0 Å². The van der Waals surface area contributed by atoms with Crippen LogP contribution in [0, 0.1) is 13.8 Å². The second-order valence-corrected chi connectivity index (χ2v) is 3.16. The molecule has 1 heterocycles. The molecular weight excluding hydrogens is 150 g/mol. The number of fused-ring (bicyclic) bond motifs is 1. The minimum Gasteiger partial charge on any atom is -0.489 e. The number of anilines is 1. The van der Waals surface area contributed by atoms with Gasteiger partial charge in [0.1, 0.15) is 12.4 Å². The number of benzene rings is 1. The Labute approximate surface area is 72.5 Å². The van der Waals surface area contributed by atoms with Gasteiger partial charge in [0.05, 0.1) is 5.69 Å². The van der Waals surface area contributed by atoms with Crippen LogP contribution >= 0.6 is 0 Å². The van der Waals surface area contributed by atoms with Gasteiger partial charge < -0.3 is 10.1 Å². The van der Waals surface area contributed by atoms with Crippen LogP contribution < -0.4 is 10.1 Å². The minimum atomic E-state index is 0.775. The summed E-state index contributed by atoms with van der Waals surface area (Å²) in [7, 11) is 0. The Kier molecular flexibility index (Phi) is 1.68. The first-order valence-electron chi connectivity index (χ1n) is 4.26. The third-order valence-corrected chi connectivity index (χ3v) is 2.34. The maximum atomic E-state index is 5.57. The third-order valence-electron chi connectivity index (χ3n) is 2.34. The maximum Gasteiger partial charge on any atom is 0.145 e. The molecule has 0 unspecified atom stereocenters. The Morgan fingerprint density at radius 3 is 3.00 bits per heavy atom. The van der Waals surface area contributed by atoms with Gasteiger partial charge in [0.15, 0.2) is 0 Å². The van der Waals surface area contributed by atoms with Gasteiger partial charge in [0.2, 0.25) is 0 Å². The Hall–Kier alpha value is -1.18. The van der Waals surface area contributed by atoms with Crippen molar-refractivity contribution in [3.05, 3.63) is 23.3 Å². The standard InChI is InChI=1S/C10H13NO/c1-7-3-4-9-10(8(7)2)12-6-5-11-9/h3-4,11H,5-6H2,1-2H3. The first kappa shape index (κ1) is 7.47. The zero-order chi connectivity index (χ0) is 8.55. The second kappa shape index (κ2) is 2.70. The SMILES string of the molecule is Cc1ccc2c(c1C)OCCN2. The fraction of sp³-hybridized carbons (Fsp3) is 0.400. The topological polar surface area (TPSA) is 21.3 Å². The highest BCUT2D eigenvalue weighted by Gasteiger charge is 2.12. The highest BCUT2D eigenvalue weighted by molar-refractivity contribution is 5.62. The highest BCUT2D eigenvalue weighted by atomic mass is 16.5. The molecule has 2 nitrogen and oxygen atoms in total. The smallest absolute Gasteiger partial charge is 0.145 e. The fourth-order valence-corrected chi connectivity index (χ4v) is 1.45. The Morgan fingerprint density at radius 2 is 2.17 bits per heavy atom. The summed E-state index contributed by atoms with van der Waals surface area (Å²) in [5.74, 6) is 1.03. The summed E-state index contributed by atoms with van der Waals surface area (Å²) >= 11 is 0. The van der Waals surface area contributed by atoms with Gasteiger partial charge in [0, 0.05) is 6.54 Å². The van der Waals surface area contributed by atoms with Gasteiger partial charge in [-0.2, -0.15) is 0 Å². The summed E-state index contributed by atoms with van der Waals surface area (Å²) in [6, 6.07) is 4.20. The van der Waals surface area contributed by atoms with Crippen molar-refractivity contribution in [2.45, 2.75) is 13.8 Å². The number of ether oxygens (including phenoxy) is 1. The summed E-state index contributed by atoms with van der Waals surface area (Å²) < 4.78 is 5.57. The van der Waals surface area contributed by atoms with Crippen molar-refractivity contribution in [2.75, 3.05) is 18.5 Å². The van der Waals surface area contributed by atoms with E-state index < -0.39 is 0 Å². The average molecular weight is 163 g/mol.